The lowest BCUT2D eigenvalue weighted by molar-refractivity contribution is 0.582. The Balaban J connectivity index is 1.98. The smallest absolute Gasteiger partial charge is 0.151 e. The SMILES string of the molecule is Fc1cccc2c1nc(CCl)n2CC1CCCCS1. The van der Waals surface area contributed by atoms with Crippen molar-refractivity contribution in [3.05, 3.63) is 29.8 Å². The molecule has 19 heavy (non-hydrogen) atoms. The number of hydrogen-bond acceptors (Lipinski definition) is 2. The molecule has 1 aliphatic rings. The van der Waals surface area contributed by atoms with Crippen LogP contribution in [0.2, 0.25) is 0 Å². The molecule has 1 aromatic carbocycles. The largest absolute Gasteiger partial charge is 0.326 e. The molecule has 2 aromatic rings. The molecular weight excluding hydrogens is 283 g/mol. The highest BCUT2D eigenvalue weighted by Crippen LogP contribution is 2.29. The van der Waals surface area contributed by atoms with Crippen molar-refractivity contribution in [3.8, 4) is 0 Å². The van der Waals surface area contributed by atoms with Crippen molar-refractivity contribution >= 4 is 34.4 Å². The van der Waals surface area contributed by atoms with Crippen molar-refractivity contribution in [1.29, 1.82) is 0 Å². The summed E-state index contributed by atoms with van der Waals surface area (Å²) in [5.41, 5.74) is 1.31. The lowest BCUT2D eigenvalue weighted by Crippen LogP contribution is -2.18. The highest BCUT2D eigenvalue weighted by atomic mass is 35.5. The van der Waals surface area contributed by atoms with Crippen LogP contribution in [-0.2, 0) is 12.4 Å². The Morgan fingerprint density at radius 1 is 1.42 bits per heavy atom. The van der Waals surface area contributed by atoms with E-state index in [1.807, 2.05) is 17.8 Å². The van der Waals surface area contributed by atoms with E-state index in [-0.39, 0.29) is 5.82 Å². The van der Waals surface area contributed by atoms with E-state index in [0.717, 1.165) is 17.9 Å². The number of hydrogen-bond donors (Lipinski definition) is 0. The van der Waals surface area contributed by atoms with Crippen molar-refractivity contribution in [1.82, 2.24) is 9.55 Å². The van der Waals surface area contributed by atoms with Crippen LogP contribution in [-0.4, -0.2) is 20.6 Å². The maximum absolute atomic E-state index is 13.8. The molecule has 0 spiro atoms. The Labute approximate surface area is 121 Å². The number of alkyl halides is 1. The highest BCUT2D eigenvalue weighted by molar-refractivity contribution is 7.99. The maximum atomic E-state index is 13.8. The van der Waals surface area contributed by atoms with E-state index in [4.69, 9.17) is 11.6 Å². The molecule has 3 rings (SSSR count). The van der Waals surface area contributed by atoms with Gasteiger partial charge in [0.15, 0.2) is 5.82 Å². The summed E-state index contributed by atoms with van der Waals surface area (Å²) in [7, 11) is 0. The van der Waals surface area contributed by atoms with E-state index in [0.29, 0.717) is 16.6 Å². The third-order valence-electron chi connectivity index (χ3n) is 3.59. The van der Waals surface area contributed by atoms with E-state index in [2.05, 4.69) is 9.55 Å². The summed E-state index contributed by atoms with van der Waals surface area (Å²) in [5.74, 6) is 2.06. The monoisotopic (exact) mass is 298 g/mol. The van der Waals surface area contributed by atoms with E-state index in [1.54, 1.807) is 6.07 Å². The predicted octanol–water partition coefficient (Wildman–Crippen LogP) is 4.20. The van der Waals surface area contributed by atoms with Crippen LogP contribution in [0.1, 0.15) is 25.1 Å². The molecular formula is C14H16ClFN2S. The summed E-state index contributed by atoms with van der Waals surface area (Å²) in [5, 5.41) is 0.594. The van der Waals surface area contributed by atoms with Gasteiger partial charge in [-0.3, -0.25) is 0 Å². The molecule has 1 saturated heterocycles. The van der Waals surface area contributed by atoms with Crippen molar-refractivity contribution in [2.75, 3.05) is 5.75 Å². The molecule has 0 saturated carbocycles. The van der Waals surface area contributed by atoms with Gasteiger partial charge >= 0.3 is 0 Å². The lowest BCUT2D eigenvalue weighted by atomic mass is 10.2. The Kier molecular flexibility index (Phi) is 3.99. The first-order valence-corrected chi connectivity index (χ1v) is 8.19. The van der Waals surface area contributed by atoms with Crippen molar-refractivity contribution in [3.63, 3.8) is 0 Å². The molecule has 1 fully saturated rings. The van der Waals surface area contributed by atoms with Gasteiger partial charge in [-0.15, -0.1) is 11.6 Å². The van der Waals surface area contributed by atoms with Gasteiger partial charge < -0.3 is 4.57 Å². The zero-order valence-corrected chi connectivity index (χ0v) is 12.2. The minimum absolute atomic E-state index is 0.265. The van der Waals surface area contributed by atoms with Gasteiger partial charge in [-0.25, -0.2) is 9.37 Å². The van der Waals surface area contributed by atoms with E-state index >= 15 is 0 Å². The first-order valence-electron chi connectivity index (χ1n) is 6.61. The third kappa shape index (κ3) is 2.61. The van der Waals surface area contributed by atoms with Crippen LogP contribution in [0.3, 0.4) is 0 Å². The Morgan fingerprint density at radius 2 is 2.32 bits per heavy atom. The fraction of sp³-hybridized carbons (Fsp3) is 0.500. The van der Waals surface area contributed by atoms with Crippen LogP contribution in [0.5, 0.6) is 0 Å². The van der Waals surface area contributed by atoms with Crippen molar-refractivity contribution in [2.24, 2.45) is 0 Å². The fourth-order valence-corrected chi connectivity index (χ4v) is 4.12. The lowest BCUT2D eigenvalue weighted by Gasteiger charge is -2.22. The molecule has 1 aliphatic heterocycles. The van der Waals surface area contributed by atoms with Crippen molar-refractivity contribution < 1.29 is 4.39 Å². The highest BCUT2D eigenvalue weighted by Gasteiger charge is 2.19. The van der Waals surface area contributed by atoms with Gasteiger partial charge in [-0.1, -0.05) is 12.5 Å². The molecule has 0 bridgehead atoms. The first-order chi connectivity index (χ1) is 9.29. The third-order valence-corrected chi connectivity index (χ3v) is 5.21. The van der Waals surface area contributed by atoms with Gasteiger partial charge in [0.1, 0.15) is 11.3 Å². The summed E-state index contributed by atoms with van der Waals surface area (Å²) in [6.45, 7) is 0.882. The molecule has 0 N–H and O–H groups in total. The van der Waals surface area contributed by atoms with Gasteiger partial charge in [-0.05, 0) is 30.7 Å². The van der Waals surface area contributed by atoms with Gasteiger partial charge in [0.05, 0.1) is 11.4 Å². The van der Waals surface area contributed by atoms with Gasteiger partial charge in [-0.2, -0.15) is 11.8 Å². The summed E-state index contributed by atoms with van der Waals surface area (Å²) in [6, 6.07) is 5.11. The normalized spacial score (nSPS) is 20.0. The number of fused-ring (bicyclic) bond motifs is 1. The van der Waals surface area contributed by atoms with Gasteiger partial charge in [0.25, 0.3) is 0 Å². The average molecular weight is 299 g/mol. The topological polar surface area (TPSA) is 17.8 Å². The Morgan fingerprint density at radius 3 is 3.05 bits per heavy atom. The molecule has 0 radical (unpaired) electrons. The molecule has 1 aromatic heterocycles. The summed E-state index contributed by atoms with van der Waals surface area (Å²) in [4.78, 5) is 4.34. The van der Waals surface area contributed by atoms with Crippen LogP contribution < -0.4 is 0 Å². The minimum Gasteiger partial charge on any atom is -0.326 e. The summed E-state index contributed by atoms with van der Waals surface area (Å²) in [6.07, 6.45) is 3.82. The first kappa shape index (κ1) is 13.3. The second-order valence-electron chi connectivity index (χ2n) is 4.87. The molecule has 1 atom stereocenters. The minimum atomic E-state index is -0.265. The van der Waals surface area contributed by atoms with E-state index < -0.39 is 0 Å². The van der Waals surface area contributed by atoms with Crippen LogP contribution in [0.25, 0.3) is 11.0 Å². The Bertz CT molecular complexity index is 578. The molecule has 2 heterocycles. The standard InChI is InChI=1S/C14H16ClFN2S/c15-8-13-17-14-11(16)5-3-6-12(14)18(13)9-10-4-1-2-7-19-10/h3,5-6,10H,1-2,4,7-9H2. The molecule has 102 valence electrons. The summed E-state index contributed by atoms with van der Waals surface area (Å²) < 4.78 is 15.9. The Hall–Kier alpha value is -0.740. The van der Waals surface area contributed by atoms with Gasteiger partial charge in [0, 0.05) is 11.8 Å². The second kappa shape index (κ2) is 5.71. The number of aromatic nitrogens is 2. The maximum Gasteiger partial charge on any atom is 0.151 e. The molecule has 0 aliphatic carbocycles. The number of para-hydroxylation sites is 1. The van der Waals surface area contributed by atoms with Crippen LogP contribution in [0, 0.1) is 5.82 Å². The van der Waals surface area contributed by atoms with Crippen LogP contribution in [0.15, 0.2) is 18.2 Å². The van der Waals surface area contributed by atoms with Crippen LogP contribution in [0.4, 0.5) is 4.39 Å². The number of rotatable bonds is 3. The molecule has 0 amide bonds. The number of benzene rings is 1. The number of halogens is 2. The second-order valence-corrected chi connectivity index (χ2v) is 6.54. The fourth-order valence-electron chi connectivity index (χ4n) is 2.62. The molecule has 5 heteroatoms. The number of nitrogens with zero attached hydrogens (tertiary/aromatic N) is 2. The van der Waals surface area contributed by atoms with Crippen molar-refractivity contribution in [2.45, 2.75) is 36.9 Å². The van der Waals surface area contributed by atoms with E-state index in [9.17, 15) is 4.39 Å². The predicted molar refractivity (Wildman–Crippen MR) is 79.3 cm³/mol. The molecule has 1 unspecified atom stereocenters. The average Bonchev–Trinajstić information content (AvgIpc) is 2.80. The van der Waals surface area contributed by atoms with E-state index in [1.165, 1.54) is 31.1 Å². The van der Waals surface area contributed by atoms with Crippen LogP contribution >= 0.6 is 23.4 Å². The number of thioether (sulfide) groups is 1. The zero-order valence-electron chi connectivity index (χ0n) is 10.6. The quantitative estimate of drug-likeness (QED) is 0.790. The zero-order chi connectivity index (χ0) is 13.2. The summed E-state index contributed by atoms with van der Waals surface area (Å²) >= 11 is 7.97. The molecule has 2 nitrogen and oxygen atoms in total. The van der Waals surface area contributed by atoms with Gasteiger partial charge in [0.2, 0.25) is 0 Å². The number of imidazole rings is 1.